The van der Waals surface area contributed by atoms with Gasteiger partial charge in [0, 0.05) is 5.56 Å². The number of methoxy groups -OCH3 is 1. The van der Waals surface area contributed by atoms with Gasteiger partial charge in [0.15, 0.2) is 0 Å². The number of rotatable bonds is 3. The molecule has 0 spiro atoms. The average Bonchev–Trinajstić information content (AvgIpc) is 2.19. The minimum atomic E-state index is 0.170. The molecule has 3 N–H and O–H groups in total. The Bertz CT molecular complexity index is 337. The predicted molar refractivity (Wildman–Crippen MR) is 53.1 cm³/mol. The van der Waals surface area contributed by atoms with Gasteiger partial charge in [0.05, 0.1) is 13.7 Å². The van der Waals surface area contributed by atoms with Crippen molar-refractivity contribution in [3.05, 3.63) is 22.8 Å². The zero-order valence-electron chi connectivity index (χ0n) is 8.63. The first-order chi connectivity index (χ1) is 6.61. The Kier molecular flexibility index (Phi) is 3.33. The molecule has 0 aliphatic carbocycles. The van der Waals surface area contributed by atoms with E-state index in [9.17, 15) is 5.11 Å². The van der Waals surface area contributed by atoms with Crippen molar-refractivity contribution in [2.24, 2.45) is 5.90 Å². The van der Waals surface area contributed by atoms with E-state index in [0.29, 0.717) is 5.56 Å². The first-order valence-electron chi connectivity index (χ1n) is 4.29. The summed E-state index contributed by atoms with van der Waals surface area (Å²) in [6, 6.07) is 1.73. The maximum absolute atomic E-state index is 9.74. The number of phenols is 1. The molecule has 0 aliphatic rings. The molecule has 0 fully saturated rings. The van der Waals surface area contributed by atoms with Gasteiger partial charge in [-0.3, -0.25) is 4.84 Å². The smallest absolute Gasteiger partial charge is 0.124 e. The second-order valence-corrected chi connectivity index (χ2v) is 3.15. The van der Waals surface area contributed by atoms with Gasteiger partial charge in [-0.1, -0.05) is 0 Å². The Labute approximate surface area is 83.2 Å². The Hall–Kier alpha value is -1.26. The van der Waals surface area contributed by atoms with E-state index >= 15 is 0 Å². The Morgan fingerprint density at radius 2 is 2.00 bits per heavy atom. The van der Waals surface area contributed by atoms with Crippen LogP contribution in [0.25, 0.3) is 0 Å². The molecule has 0 bridgehead atoms. The molecular weight excluding hydrogens is 182 g/mol. The third-order valence-corrected chi connectivity index (χ3v) is 2.36. The van der Waals surface area contributed by atoms with Crippen LogP contribution in [0, 0.1) is 13.8 Å². The van der Waals surface area contributed by atoms with Crippen molar-refractivity contribution < 1.29 is 14.7 Å². The number of hydrogen-bond acceptors (Lipinski definition) is 4. The zero-order chi connectivity index (χ0) is 10.7. The van der Waals surface area contributed by atoms with E-state index in [4.69, 9.17) is 10.6 Å². The lowest BCUT2D eigenvalue weighted by Crippen LogP contribution is -2.01. The second kappa shape index (κ2) is 4.30. The number of ether oxygens (including phenoxy) is 1. The fraction of sp³-hybridized carbons (Fsp3) is 0.400. The first kappa shape index (κ1) is 10.8. The summed E-state index contributed by atoms with van der Waals surface area (Å²) in [5, 5.41) is 9.74. The third kappa shape index (κ3) is 1.81. The highest BCUT2D eigenvalue weighted by Crippen LogP contribution is 2.32. The van der Waals surface area contributed by atoms with Gasteiger partial charge in [-0.2, -0.15) is 0 Å². The lowest BCUT2D eigenvalue weighted by Gasteiger charge is -2.13. The molecule has 1 aromatic carbocycles. The van der Waals surface area contributed by atoms with Crippen LogP contribution >= 0.6 is 0 Å². The highest BCUT2D eigenvalue weighted by Gasteiger charge is 2.11. The maximum Gasteiger partial charge on any atom is 0.124 e. The van der Waals surface area contributed by atoms with Crippen LogP contribution in [0.15, 0.2) is 6.07 Å². The van der Waals surface area contributed by atoms with Crippen molar-refractivity contribution in [3.8, 4) is 11.5 Å². The minimum absolute atomic E-state index is 0.170. The summed E-state index contributed by atoms with van der Waals surface area (Å²) in [5.74, 6) is 5.90. The van der Waals surface area contributed by atoms with Crippen LogP contribution in [0.5, 0.6) is 11.5 Å². The molecule has 1 rings (SSSR count). The Morgan fingerprint density at radius 3 is 2.50 bits per heavy atom. The van der Waals surface area contributed by atoms with Gasteiger partial charge in [0.25, 0.3) is 0 Å². The summed E-state index contributed by atoms with van der Waals surface area (Å²) in [5.41, 5.74) is 2.34. The highest BCUT2D eigenvalue weighted by atomic mass is 16.6. The summed E-state index contributed by atoms with van der Waals surface area (Å²) in [6.07, 6.45) is 0. The quantitative estimate of drug-likeness (QED) is 0.719. The molecule has 0 aromatic heterocycles. The van der Waals surface area contributed by atoms with Gasteiger partial charge in [0.1, 0.15) is 11.5 Å². The number of phenolic OH excluding ortho intramolecular Hbond substituents is 1. The molecule has 0 aliphatic heterocycles. The standard InChI is InChI=1S/C10H15NO3/c1-6-7(2)10(12)8(5-14-11)4-9(6)13-3/h4,12H,5,11H2,1-3H3. The second-order valence-electron chi connectivity index (χ2n) is 3.15. The lowest BCUT2D eigenvalue weighted by molar-refractivity contribution is 0.122. The van der Waals surface area contributed by atoms with E-state index in [1.807, 2.05) is 13.8 Å². The van der Waals surface area contributed by atoms with Crippen LogP contribution < -0.4 is 10.6 Å². The van der Waals surface area contributed by atoms with Crippen LogP contribution in [-0.4, -0.2) is 12.2 Å². The van der Waals surface area contributed by atoms with Crippen molar-refractivity contribution in [1.29, 1.82) is 0 Å². The summed E-state index contributed by atoms with van der Waals surface area (Å²) in [4.78, 5) is 4.49. The van der Waals surface area contributed by atoms with Gasteiger partial charge in [-0.25, -0.2) is 5.90 Å². The summed E-state index contributed by atoms with van der Waals surface area (Å²) in [7, 11) is 1.59. The summed E-state index contributed by atoms with van der Waals surface area (Å²) in [6.45, 7) is 3.89. The SMILES string of the molecule is COc1cc(CON)c(O)c(C)c1C. The summed E-state index contributed by atoms with van der Waals surface area (Å²) < 4.78 is 5.16. The molecule has 0 amide bonds. The largest absolute Gasteiger partial charge is 0.507 e. The fourth-order valence-electron chi connectivity index (χ4n) is 1.35. The number of hydrogen-bond donors (Lipinski definition) is 2. The van der Waals surface area contributed by atoms with E-state index in [1.54, 1.807) is 13.2 Å². The monoisotopic (exact) mass is 197 g/mol. The number of nitrogens with two attached hydrogens (primary N) is 1. The van der Waals surface area contributed by atoms with Gasteiger partial charge in [-0.15, -0.1) is 0 Å². The average molecular weight is 197 g/mol. The normalized spacial score (nSPS) is 10.3. The van der Waals surface area contributed by atoms with Crippen molar-refractivity contribution in [2.75, 3.05) is 7.11 Å². The first-order valence-corrected chi connectivity index (χ1v) is 4.29. The van der Waals surface area contributed by atoms with Crippen molar-refractivity contribution in [3.63, 3.8) is 0 Å². The van der Waals surface area contributed by atoms with E-state index in [0.717, 1.165) is 16.9 Å². The molecule has 14 heavy (non-hydrogen) atoms. The summed E-state index contributed by atoms with van der Waals surface area (Å²) >= 11 is 0. The zero-order valence-corrected chi connectivity index (χ0v) is 8.63. The Balaban J connectivity index is 3.25. The molecule has 78 valence electrons. The van der Waals surface area contributed by atoms with E-state index in [-0.39, 0.29) is 12.4 Å². The molecule has 0 saturated carbocycles. The molecule has 0 radical (unpaired) electrons. The maximum atomic E-state index is 9.74. The molecule has 4 nitrogen and oxygen atoms in total. The Morgan fingerprint density at radius 1 is 1.36 bits per heavy atom. The topological polar surface area (TPSA) is 64.7 Å². The molecule has 0 atom stereocenters. The lowest BCUT2D eigenvalue weighted by atomic mass is 10.0. The van der Waals surface area contributed by atoms with Crippen LogP contribution in [0.3, 0.4) is 0 Å². The van der Waals surface area contributed by atoms with Crippen molar-refractivity contribution >= 4 is 0 Å². The highest BCUT2D eigenvalue weighted by molar-refractivity contribution is 5.51. The van der Waals surface area contributed by atoms with Crippen molar-refractivity contribution in [2.45, 2.75) is 20.5 Å². The van der Waals surface area contributed by atoms with Crippen molar-refractivity contribution in [1.82, 2.24) is 0 Å². The van der Waals surface area contributed by atoms with Crippen LogP contribution in [0.2, 0.25) is 0 Å². The molecular formula is C10H15NO3. The van der Waals surface area contributed by atoms with E-state index in [1.165, 1.54) is 0 Å². The molecule has 4 heteroatoms. The molecule has 1 aromatic rings. The predicted octanol–water partition coefficient (Wildman–Crippen LogP) is 1.41. The fourth-order valence-corrected chi connectivity index (χ4v) is 1.35. The van der Waals surface area contributed by atoms with Gasteiger partial charge < -0.3 is 9.84 Å². The molecule has 0 heterocycles. The molecule has 0 saturated heterocycles. The van der Waals surface area contributed by atoms with E-state index in [2.05, 4.69) is 4.84 Å². The molecule has 0 unspecified atom stereocenters. The number of benzene rings is 1. The van der Waals surface area contributed by atoms with E-state index < -0.39 is 0 Å². The minimum Gasteiger partial charge on any atom is -0.507 e. The van der Waals surface area contributed by atoms with Gasteiger partial charge in [-0.05, 0) is 31.0 Å². The number of aromatic hydroxyl groups is 1. The third-order valence-electron chi connectivity index (χ3n) is 2.36. The van der Waals surface area contributed by atoms with Crippen LogP contribution in [0.4, 0.5) is 0 Å². The van der Waals surface area contributed by atoms with Crippen LogP contribution in [-0.2, 0) is 11.4 Å². The van der Waals surface area contributed by atoms with Crippen LogP contribution in [0.1, 0.15) is 16.7 Å². The van der Waals surface area contributed by atoms with Gasteiger partial charge >= 0.3 is 0 Å². The van der Waals surface area contributed by atoms with Gasteiger partial charge in [0.2, 0.25) is 0 Å².